The molecule has 2 aromatic carbocycles. The number of Topliss-reactive ketones (excluding diaryl/α,β-unsaturated/α-hetero) is 1. The van der Waals surface area contributed by atoms with E-state index in [1.54, 1.807) is 37.3 Å². The first kappa shape index (κ1) is 16.5. The number of ketones is 1. The first-order valence-corrected chi connectivity index (χ1v) is 7.24. The zero-order valence-electron chi connectivity index (χ0n) is 13.0. The van der Waals surface area contributed by atoms with Gasteiger partial charge in [0, 0.05) is 11.1 Å². The molecule has 0 spiro atoms. The van der Waals surface area contributed by atoms with Gasteiger partial charge in [-0.3, -0.25) is 4.79 Å². The van der Waals surface area contributed by atoms with Gasteiger partial charge in [0.25, 0.3) is 0 Å². The second-order valence-corrected chi connectivity index (χ2v) is 4.90. The Kier molecular flexibility index (Phi) is 5.36. The molecule has 0 fully saturated rings. The van der Waals surface area contributed by atoms with E-state index in [4.69, 9.17) is 9.47 Å². The molecule has 0 aromatic heterocycles. The van der Waals surface area contributed by atoms with Crippen molar-refractivity contribution in [2.45, 2.75) is 20.5 Å². The van der Waals surface area contributed by atoms with Gasteiger partial charge in [0.15, 0.2) is 5.78 Å². The third kappa shape index (κ3) is 4.10. The summed E-state index contributed by atoms with van der Waals surface area (Å²) < 4.78 is 10.6. The number of carbonyl (C=O) groups is 2. The largest absolute Gasteiger partial charge is 0.508 e. The summed E-state index contributed by atoms with van der Waals surface area (Å²) in [6.45, 7) is 3.46. The molecule has 2 aromatic rings. The highest BCUT2D eigenvalue weighted by Gasteiger charge is 2.17. The second-order valence-electron chi connectivity index (χ2n) is 4.90. The molecular formula is C18H18O5. The molecule has 0 aliphatic heterocycles. The predicted octanol–water partition coefficient (Wildman–Crippen LogP) is 3.35. The maximum absolute atomic E-state index is 12.0. The summed E-state index contributed by atoms with van der Waals surface area (Å²) in [5.41, 5.74) is 1.09. The molecule has 0 amide bonds. The summed E-state index contributed by atoms with van der Waals surface area (Å²) in [5.74, 6) is -0.231. The molecule has 5 nitrogen and oxygen atoms in total. The van der Waals surface area contributed by atoms with Gasteiger partial charge in [-0.05, 0) is 38.1 Å². The quantitative estimate of drug-likeness (QED) is 0.654. The summed E-state index contributed by atoms with van der Waals surface area (Å²) >= 11 is 0. The molecule has 0 bridgehead atoms. The van der Waals surface area contributed by atoms with Crippen LogP contribution in [0.4, 0.5) is 0 Å². The lowest BCUT2D eigenvalue weighted by Crippen LogP contribution is -2.11. The molecule has 0 saturated carbocycles. The molecule has 0 atom stereocenters. The Balaban J connectivity index is 2.23. The Morgan fingerprint density at radius 1 is 1.09 bits per heavy atom. The molecule has 0 unspecified atom stereocenters. The van der Waals surface area contributed by atoms with Gasteiger partial charge in [-0.1, -0.05) is 18.2 Å². The third-order valence-electron chi connectivity index (χ3n) is 3.25. The summed E-state index contributed by atoms with van der Waals surface area (Å²) in [7, 11) is 0. The molecule has 1 N–H and O–H groups in total. The smallest absolute Gasteiger partial charge is 0.338 e. The normalized spacial score (nSPS) is 10.2. The zero-order valence-corrected chi connectivity index (χ0v) is 13.0. The minimum absolute atomic E-state index is 0.137. The molecule has 2 rings (SSSR count). The fraction of sp³-hybridized carbons (Fsp3) is 0.222. The van der Waals surface area contributed by atoms with Crippen LogP contribution in [-0.4, -0.2) is 23.5 Å². The van der Waals surface area contributed by atoms with Crippen LogP contribution < -0.4 is 4.74 Å². The highest BCUT2D eigenvalue weighted by molar-refractivity contribution is 6.05. The van der Waals surface area contributed by atoms with Crippen LogP contribution in [0.1, 0.15) is 40.1 Å². The monoisotopic (exact) mass is 314 g/mol. The van der Waals surface area contributed by atoms with Crippen molar-refractivity contribution in [1.29, 1.82) is 0 Å². The molecule has 0 saturated heterocycles. The topological polar surface area (TPSA) is 72.8 Å². The van der Waals surface area contributed by atoms with Gasteiger partial charge in [0.05, 0.1) is 12.2 Å². The standard InChI is InChI=1S/C18H18O5/c1-3-22-18(21)16-10-14(8-9-15(16)12(2)19)23-11-13-6-4-5-7-17(13)20/h4-10,20H,3,11H2,1-2H3. The third-order valence-corrected chi connectivity index (χ3v) is 3.25. The molecular weight excluding hydrogens is 296 g/mol. The van der Waals surface area contributed by atoms with Crippen LogP contribution in [0.5, 0.6) is 11.5 Å². The number of carbonyl (C=O) groups excluding carboxylic acids is 2. The SMILES string of the molecule is CCOC(=O)c1cc(OCc2ccccc2O)ccc1C(C)=O. The average molecular weight is 314 g/mol. The van der Waals surface area contributed by atoms with Crippen LogP contribution in [0, 0.1) is 0 Å². The maximum Gasteiger partial charge on any atom is 0.338 e. The predicted molar refractivity (Wildman–Crippen MR) is 84.8 cm³/mol. The number of aromatic hydroxyl groups is 1. The maximum atomic E-state index is 12.0. The van der Waals surface area contributed by atoms with Gasteiger partial charge in [-0.25, -0.2) is 4.79 Å². The summed E-state index contributed by atoms with van der Waals surface area (Å²) in [5, 5.41) is 9.72. The van der Waals surface area contributed by atoms with E-state index >= 15 is 0 Å². The van der Waals surface area contributed by atoms with Crippen molar-refractivity contribution in [1.82, 2.24) is 0 Å². The molecule has 0 aliphatic rings. The Bertz CT molecular complexity index is 721. The van der Waals surface area contributed by atoms with Crippen molar-refractivity contribution < 1.29 is 24.2 Å². The van der Waals surface area contributed by atoms with E-state index in [0.717, 1.165) is 0 Å². The molecule has 5 heteroatoms. The fourth-order valence-electron chi connectivity index (χ4n) is 2.09. The van der Waals surface area contributed by atoms with Gasteiger partial charge in [-0.15, -0.1) is 0 Å². The van der Waals surface area contributed by atoms with Crippen molar-refractivity contribution in [3.8, 4) is 11.5 Å². The second kappa shape index (κ2) is 7.45. The van der Waals surface area contributed by atoms with E-state index in [1.807, 2.05) is 0 Å². The lowest BCUT2D eigenvalue weighted by atomic mass is 10.0. The molecule has 0 aliphatic carbocycles. The molecule has 0 radical (unpaired) electrons. The number of hydrogen-bond donors (Lipinski definition) is 1. The Hall–Kier alpha value is -2.82. The summed E-state index contributed by atoms with van der Waals surface area (Å²) in [4.78, 5) is 23.6. The number of para-hydroxylation sites is 1. The average Bonchev–Trinajstić information content (AvgIpc) is 2.54. The number of rotatable bonds is 6. The number of phenols is 1. The molecule has 23 heavy (non-hydrogen) atoms. The van der Waals surface area contributed by atoms with Gasteiger partial charge >= 0.3 is 5.97 Å². The van der Waals surface area contributed by atoms with E-state index in [-0.39, 0.29) is 30.3 Å². The van der Waals surface area contributed by atoms with Gasteiger partial charge in [-0.2, -0.15) is 0 Å². The van der Waals surface area contributed by atoms with Crippen LogP contribution in [-0.2, 0) is 11.3 Å². The van der Waals surface area contributed by atoms with Crippen LogP contribution in [0.3, 0.4) is 0 Å². The van der Waals surface area contributed by atoms with Crippen LogP contribution in [0.2, 0.25) is 0 Å². The number of hydrogen-bond acceptors (Lipinski definition) is 5. The van der Waals surface area contributed by atoms with E-state index in [1.165, 1.54) is 19.1 Å². The minimum Gasteiger partial charge on any atom is -0.508 e. The highest BCUT2D eigenvalue weighted by atomic mass is 16.5. The lowest BCUT2D eigenvalue weighted by Gasteiger charge is -2.11. The summed E-state index contributed by atoms with van der Waals surface area (Å²) in [6, 6.07) is 11.5. The number of phenolic OH excluding ortho intramolecular Hbond substituents is 1. The Morgan fingerprint density at radius 2 is 1.83 bits per heavy atom. The first-order chi connectivity index (χ1) is 11.0. The molecule has 120 valence electrons. The van der Waals surface area contributed by atoms with Crippen molar-refractivity contribution >= 4 is 11.8 Å². The van der Waals surface area contributed by atoms with E-state index < -0.39 is 5.97 Å². The van der Waals surface area contributed by atoms with Crippen LogP contribution >= 0.6 is 0 Å². The summed E-state index contributed by atoms with van der Waals surface area (Å²) in [6.07, 6.45) is 0. The van der Waals surface area contributed by atoms with E-state index in [0.29, 0.717) is 16.9 Å². The van der Waals surface area contributed by atoms with Gasteiger partial charge in [0.2, 0.25) is 0 Å². The first-order valence-electron chi connectivity index (χ1n) is 7.24. The zero-order chi connectivity index (χ0) is 16.8. The molecule has 0 heterocycles. The minimum atomic E-state index is -0.564. The Labute approximate surface area is 134 Å². The van der Waals surface area contributed by atoms with E-state index in [9.17, 15) is 14.7 Å². The number of benzene rings is 2. The fourth-order valence-corrected chi connectivity index (χ4v) is 2.09. The number of ether oxygens (including phenoxy) is 2. The van der Waals surface area contributed by atoms with Gasteiger partial charge in [0.1, 0.15) is 18.1 Å². The van der Waals surface area contributed by atoms with Crippen LogP contribution in [0.15, 0.2) is 42.5 Å². The van der Waals surface area contributed by atoms with Crippen molar-refractivity contribution in [3.63, 3.8) is 0 Å². The van der Waals surface area contributed by atoms with Crippen molar-refractivity contribution in [2.24, 2.45) is 0 Å². The number of esters is 1. The van der Waals surface area contributed by atoms with E-state index in [2.05, 4.69) is 0 Å². The van der Waals surface area contributed by atoms with Gasteiger partial charge < -0.3 is 14.6 Å². The van der Waals surface area contributed by atoms with Crippen LogP contribution in [0.25, 0.3) is 0 Å². The van der Waals surface area contributed by atoms with Crippen molar-refractivity contribution in [3.05, 3.63) is 59.2 Å². The Morgan fingerprint density at radius 3 is 2.48 bits per heavy atom. The van der Waals surface area contributed by atoms with Crippen molar-refractivity contribution in [2.75, 3.05) is 6.61 Å². The highest BCUT2D eigenvalue weighted by Crippen LogP contribution is 2.22. The lowest BCUT2D eigenvalue weighted by molar-refractivity contribution is 0.0522.